The molecule has 4 aromatic rings. The van der Waals surface area contributed by atoms with E-state index in [2.05, 4.69) is 15.0 Å². The molecule has 0 bridgehead atoms. The van der Waals surface area contributed by atoms with E-state index in [0.717, 1.165) is 17.7 Å². The Morgan fingerprint density at radius 3 is 2.20 bits per heavy atom. The maximum atomic E-state index is 13.2. The van der Waals surface area contributed by atoms with E-state index in [-0.39, 0.29) is 30.1 Å². The van der Waals surface area contributed by atoms with E-state index in [1.54, 1.807) is 18.3 Å². The van der Waals surface area contributed by atoms with E-state index in [1.165, 1.54) is 6.20 Å². The number of sulfone groups is 1. The summed E-state index contributed by atoms with van der Waals surface area (Å²) in [5.74, 6) is 0. The average Bonchev–Trinajstić information content (AvgIpc) is 2.95. The molecule has 1 heterocycles. The number of hydrogen-bond donors (Lipinski definition) is 4. The smallest absolute Gasteiger partial charge is 0.389 e. The van der Waals surface area contributed by atoms with Gasteiger partial charge in [0.15, 0.2) is 0 Å². The van der Waals surface area contributed by atoms with Crippen molar-refractivity contribution in [3.8, 4) is 11.1 Å². The lowest BCUT2D eigenvalue weighted by Gasteiger charge is -2.19. The molecule has 4 N–H and O–H groups in total. The molecule has 0 saturated heterocycles. The van der Waals surface area contributed by atoms with E-state index < -0.39 is 42.5 Å². The first-order valence-electron chi connectivity index (χ1n) is 12.2. The Morgan fingerprint density at radius 1 is 0.854 bits per heavy atom. The van der Waals surface area contributed by atoms with Gasteiger partial charge in [-0.05, 0) is 47.0 Å². The predicted molar refractivity (Wildman–Crippen MR) is 146 cm³/mol. The van der Waals surface area contributed by atoms with Crippen LogP contribution >= 0.6 is 0 Å². The molecule has 0 aliphatic rings. The number of aliphatic hydroxyl groups is 2. The molecular weight excluding hydrogens is 583 g/mol. The lowest BCUT2D eigenvalue weighted by molar-refractivity contribution is -0.0436. The third kappa shape index (κ3) is 6.92. The first-order valence-corrected chi connectivity index (χ1v) is 15.2. The fourth-order valence-corrected chi connectivity index (χ4v) is 6.15. The van der Waals surface area contributed by atoms with Gasteiger partial charge in [-0.15, -0.1) is 0 Å². The molecule has 218 valence electrons. The van der Waals surface area contributed by atoms with Gasteiger partial charge < -0.3 is 15.5 Å². The summed E-state index contributed by atoms with van der Waals surface area (Å²) < 4.78 is 90.0. The molecule has 2 atom stereocenters. The maximum Gasteiger partial charge on any atom is 0.501 e. The van der Waals surface area contributed by atoms with Crippen LogP contribution in [0.1, 0.15) is 11.7 Å². The Labute approximate surface area is 234 Å². The van der Waals surface area contributed by atoms with Crippen LogP contribution < -0.4 is 10.0 Å². The number of benzene rings is 3. The molecule has 0 aliphatic carbocycles. The van der Waals surface area contributed by atoms with Gasteiger partial charge >= 0.3 is 5.51 Å². The summed E-state index contributed by atoms with van der Waals surface area (Å²) in [5, 5.41) is 24.5. The van der Waals surface area contributed by atoms with Crippen LogP contribution in [-0.4, -0.2) is 63.3 Å². The van der Waals surface area contributed by atoms with Crippen molar-refractivity contribution in [3.05, 3.63) is 90.8 Å². The van der Waals surface area contributed by atoms with Crippen LogP contribution in [0.25, 0.3) is 21.9 Å². The second-order valence-corrected chi connectivity index (χ2v) is 12.7. The van der Waals surface area contributed by atoms with Crippen LogP contribution in [0, 0.1) is 0 Å². The highest BCUT2D eigenvalue weighted by Gasteiger charge is 2.46. The van der Waals surface area contributed by atoms with E-state index >= 15 is 0 Å². The van der Waals surface area contributed by atoms with E-state index in [1.807, 2.05) is 36.4 Å². The Hall–Kier alpha value is -3.40. The SMILES string of the molecule is O=S(=O)(NCCNCC(O)C(O)c1ccc(S(=O)(=O)C(F)(F)F)cc1)c1cc(-c2ccccc2)cc2cnccc12. The average molecular weight is 610 g/mol. The summed E-state index contributed by atoms with van der Waals surface area (Å²) in [7, 11) is -9.50. The van der Waals surface area contributed by atoms with Crippen molar-refractivity contribution >= 4 is 30.6 Å². The second kappa shape index (κ2) is 12.2. The molecule has 9 nitrogen and oxygen atoms in total. The van der Waals surface area contributed by atoms with Crippen LogP contribution in [0.5, 0.6) is 0 Å². The summed E-state index contributed by atoms with van der Waals surface area (Å²) in [6, 6.07) is 17.7. The number of hydrogen-bond acceptors (Lipinski definition) is 8. The van der Waals surface area contributed by atoms with Crippen molar-refractivity contribution in [3.63, 3.8) is 0 Å². The van der Waals surface area contributed by atoms with E-state index in [0.29, 0.717) is 28.5 Å². The molecule has 0 amide bonds. The van der Waals surface area contributed by atoms with Crippen LogP contribution in [0.15, 0.2) is 95.0 Å². The van der Waals surface area contributed by atoms with Gasteiger partial charge in [-0.2, -0.15) is 13.2 Å². The van der Waals surface area contributed by atoms with Gasteiger partial charge in [0.25, 0.3) is 9.84 Å². The Morgan fingerprint density at radius 2 is 1.54 bits per heavy atom. The third-order valence-corrected chi connectivity index (χ3v) is 9.26. The van der Waals surface area contributed by atoms with Gasteiger partial charge in [-0.1, -0.05) is 42.5 Å². The fourth-order valence-electron chi connectivity index (χ4n) is 4.11. The van der Waals surface area contributed by atoms with Crippen LogP contribution in [0.2, 0.25) is 0 Å². The zero-order chi connectivity index (χ0) is 29.8. The number of rotatable bonds is 11. The molecule has 0 aliphatic heterocycles. The summed E-state index contributed by atoms with van der Waals surface area (Å²) >= 11 is 0. The van der Waals surface area contributed by atoms with Gasteiger partial charge in [0.2, 0.25) is 10.0 Å². The standard InChI is InChI=1S/C27H26F3N3O6S2/c28-27(29,30)40(36,37)22-8-6-19(7-9-22)26(35)24(34)17-32-12-13-33-41(38,39)25-15-20(18-4-2-1-3-5-18)14-21-16-31-11-10-23(21)25/h1-11,14-16,24,26,32-35H,12-13,17H2. The molecule has 41 heavy (non-hydrogen) atoms. The zero-order valence-electron chi connectivity index (χ0n) is 21.3. The Balaban J connectivity index is 1.36. The Bertz CT molecular complexity index is 1720. The molecule has 4 rings (SSSR count). The highest BCUT2D eigenvalue weighted by molar-refractivity contribution is 7.92. The van der Waals surface area contributed by atoms with Crippen molar-refractivity contribution in [2.45, 2.75) is 27.5 Å². The summed E-state index contributed by atoms with van der Waals surface area (Å²) in [6.07, 6.45) is 0.122. The fraction of sp³-hybridized carbons (Fsp3) is 0.222. The van der Waals surface area contributed by atoms with Crippen molar-refractivity contribution in [2.75, 3.05) is 19.6 Å². The van der Waals surface area contributed by atoms with E-state index in [4.69, 9.17) is 0 Å². The molecule has 2 unspecified atom stereocenters. The molecule has 0 spiro atoms. The normalized spacial score (nSPS) is 14.2. The van der Waals surface area contributed by atoms with Gasteiger partial charge in [0.1, 0.15) is 6.10 Å². The number of aliphatic hydroxyl groups excluding tert-OH is 2. The van der Waals surface area contributed by atoms with Gasteiger partial charge in [-0.25, -0.2) is 21.6 Å². The van der Waals surface area contributed by atoms with Gasteiger partial charge in [-0.3, -0.25) is 4.98 Å². The highest BCUT2D eigenvalue weighted by atomic mass is 32.2. The molecule has 14 heteroatoms. The number of aromatic nitrogens is 1. The number of fused-ring (bicyclic) bond motifs is 1. The third-order valence-electron chi connectivity index (χ3n) is 6.26. The highest BCUT2D eigenvalue weighted by Crippen LogP contribution is 2.32. The van der Waals surface area contributed by atoms with Crippen molar-refractivity contribution in [1.82, 2.24) is 15.0 Å². The monoisotopic (exact) mass is 609 g/mol. The molecule has 0 saturated carbocycles. The number of pyridine rings is 1. The molecule has 3 aromatic carbocycles. The van der Waals surface area contributed by atoms with Crippen molar-refractivity contribution in [2.24, 2.45) is 0 Å². The van der Waals surface area contributed by atoms with Crippen LogP contribution in [0.3, 0.4) is 0 Å². The first kappa shape index (κ1) is 30.6. The molecular formula is C27H26F3N3O6S2. The number of sulfonamides is 1. The number of nitrogens with one attached hydrogen (secondary N) is 2. The minimum Gasteiger partial charge on any atom is -0.389 e. The van der Waals surface area contributed by atoms with Crippen molar-refractivity contribution < 1.29 is 40.2 Å². The first-order chi connectivity index (χ1) is 19.3. The van der Waals surface area contributed by atoms with Crippen molar-refractivity contribution in [1.29, 1.82) is 0 Å². The largest absolute Gasteiger partial charge is 0.501 e. The molecule has 0 radical (unpaired) electrons. The summed E-state index contributed by atoms with van der Waals surface area (Å²) in [4.78, 5) is 3.18. The summed E-state index contributed by atoms with van der Waals surface area (Å²) in [6.45, 7) is -0.176. The van der Waals surface area contributed by atoms with E-state index in [9.17, 15) is 40.2 Å². The minimum atomic E-state index is -5.54. The minimum absolute atomic E-state index is 0.000734. The summed E-state index contributed by atoms with van der Waals surface area (Å²) in [5.41, 5.74) is -3.93. The Kier molecular flexibility index (Phi) is 9.11. The van der Waals surface area contributed by atoms with Gasteiger partial charge in [0.05, 0.1) is 15.9 Å². The van der Waals surface area contributed by atoms with Crippen LogP contribution in [0.4, 0.5) is 13.2 Å². The van der Waals surface area contributed by atoms with Crippen LogP contribution in [-0.2, 0) is 19.9 Å². The lowest BCUT2D eigenvalue weighted by atomic mass is 10.0. The number of nitrogens with zero attached hydrogens (tertiary/aromatic N) is 1. The maximum absolute atomic E-state index is 13.2. The second-order valence-electron chi connectivity index (χ2n) is 9.07. The zero-order valence-corrected chi connectivity index (χ0v) is 22.9. The predicted octanol–water partition coefficient (Wildman–Crippen LogP) is 3.16. The molecule has 0 fully saturated rings. The topological polar surface area (TPSA) is 146 Å². The quantitative estimate of drug-likeness (QED) is 0.190. The lowest BCUT2D eigenvalue weighted by Crippen LogP contribution is -2.37. The number of halogens is 3. The number of alkyl halides is 3. The van der Waals surface area contributed by atoms with Gasteiger partial charge in [0, 0.05) is 42.8 Å². The molecule has 1 aromatic heterocycles.